The van der Waals surface area contributed by atoms with Crippen molar-refractivity contribution in [2.24, 2.45) is 0 Å². The molecule has 0 bridgehead atoms. The monoisotopic (exact) mass is 244 g/mol. The average Bonchev–Trinajstić information content (AvgIpc) is 1.87. The van der Waals surface area contributed by atoms with E-state index in [1.165, 1.54) is 0 Å². The van der Waals surface area contributed by atoms with Crippen LogP contribution in [0, 0.1) is 0 Å². The Morgan fingerprint density at radius 2 is 2.00 bits per heavy atom. The first-order chi connectivity index (χ1) is 5.12. The summed E-state index contributed by atoms with van der Waals surface area (Å²) in [4.78, 5) is 0. The van der Waals surface area contributed by atoms with Crippen molar-refractivity contribution in [1.82, 2.24) is 0 Å². The molecule has 0 spiro atoms. The molecule has 0 rings (SSSR count). The zero-order valence-corrected chi connectivity index (χ0v) is 8.95. The molecular formula is C6H13BrO3S. The molecular weight excluding hydrogens is 232 g/mol. The van der Waals surface area contributed by atoms with E-state index >= 15 is 0 Å². The normalized spacial score (nSPS) is 11.8. The lowest BCUT2D eigenvalue weighted by Gasteiger charge is -2.00. The van der Waals surface area contributed by atoms with E-state index in [4.69, 9.17) is 0 Å². The summed E-state index contributed by atoms with van der Waals surface area (Å²) >= 11 is 3.22. The molecule has 11 heavy (non-hydrogen) atoms. The second-order valence-electron chi connectivity index (χ2n) is 2.06. The average molecular weight is 245 g/mol. The summed E-state index contributed by atoms with van der Waals surface area (Å²) in [6, 6.07) is 0. The molecule has 0 aromatic carbocycles. The zero-order chi connectivity index (χ0) is 8.74. The second kappa shape index (κ2) is 5.97. The minimum atomic E-state index is -3.22. The van der Waals surface area contributed by atoms with E-state index < -0.39 is 10.1 Å². The number of hydrogen-bond donors (Lipinski definition) is 0. The van der Waals surface area contributed by atoms with Gasteiger partial charge in [0.1, 0.15) is 0 Å². The molecule has 68 valence electrons. The quantitative estimate of drug-likeness (QED) is 0.405. The van der Waals surface area contributed by atoms with Crippen LogP contribution in [0.5, 0.6) is 0 Å². The van der Waals surface area contributed by atoms with Crippen molar-refractivity contribution in [2.75, 3.05) is 17.7 Å². The molecule has 0 N–H and O–H groups in total. The maximum atomic E-state index is 10.9. The van der Waals surface area contributed by atoms with Gasteiger partial charge in [-0.3, -0.25) is 4.18 Å². The molecule has 0 aromatic heterocycles. The lowest BCUT2D eigenvalue weighted by Crippen LogP contribution is -2.10. The standard InChI is InChI=1S/C6H13BrO3S/c1-2-10-11(8,9)6-4-3-5-7/h2-6H2,1H3. The molecule has 0 saturated carbocycles. The molecule has 0 unspecified atom stereocenters. The van der Waals surface area contributed by atoms with Crippen molar-refractivity contribution in [1.29, 1.82) is 0 Å². The highest BCUT2D eigenvalue weighted by atomic mass is 79.9. The fourth-order valence-corrected chi connectivity index (χ4v) is 2.04. The van der Waals surface area contributed by atoms with Gasteiger partial charge in [-0.2, -0.15) is 8.42 Å². The van der Waals surface area contributed by atoms with Gasteiger partial charge >= 0.3 is 0 Å². The first-order valence-electron chi connectivity index (χ1n) is 3.55. The number of unbranched alkanes of at least 4 members (excludes halogenated alkanes) is 1. The SMILES string of the molecule is CCOS(=O)(=O)CCCCBr. The Kier molecular flexibility index (Phi) is 6.18. The van der Waals surface area contributed by atoms with Gasteiger partial charge in [0.25, 0.3) is 10.1 Å². The van der Waals surface area contributed by atoms with Crippen LogP contribution in [0.15, 0.2) is 0 Å². The summed E-state index contributed by atoms with van der Waals surface area (Å²) in [6.07, 6.45) is 1.53. The molecule has 0 aromatic rings. The first kappa shape index (κ1) is 11.4. The van der Waals surface area contributed by atoms with E-state index in [0.717, 1.165) is 11.8 Å². The Morgan fingerprint density at radius 1 is 1.36 bits per heavy atom. The molecule has 0 aliphatic rings. The van der Waals surface area contributed by atoms with Gasteiger partial charge in [0.15, 0.2) is 0 Å². The summed E-state index contributed by atoms with van der Waals surface area (Å²) in [5, 5.41) is 0.842. The summed E-state index contributed by atoms with van der Waals surface area (Å²) < 4.78 is 26.3. The smallest absolute Gasteiger partial charge is 0.267 e. The van der Waals surface area contributed by atoms with Crippen LogP contribution >= 0.6 is 15.9 Å². The third-order valence-electron chi connectivity index (χ3n) is 1.08. The van der Waals surface area contributed by atoms with Crippen molar-refractivity contribution in [3.8, 4) is 0 Å². The maximum Gasteiger partial charge on any atom is 0.267 e. The lowest BCUT2D eigenvalue weighted by molar-refractivity contribution is 0.337. The second-order valence-corrected chi connectivity index (χ2v) is 4.62. The molecule has 0 heterocycles. The zero-order valence-electron chi connectivity index (χ0n) is 6.55. The Bertz CT molecular complexity index is 176. The highest BCUT2D eigenvalue weighted by Crippen LogP contribution is 2.00. The molecule has 0 aliphatic carbocycles. The van der Waals surface area contributed by atoms with Crippen molar-refractivity contribution in [3.63, 3.8) is 0 Å². The largest absolute Gasteiger partial charge is 0.270 e. The summed E-state index contributed by atoms with van der Waals surface area (Å²) in [7, 11) is -3.22. The van der Waals surface area contributed by atoms with E-state index in [1.54, 1.807) is 6.92 Å². The summed E-state index contributed by atoms with van der Waals surface area (Å²) in [5.41, 5.74) is 0. The van der Waals surface area contributed by atoms with Gasteiger partial charge < -0.3 is 0 Å². The van der Waals surface area contributed by atoms with Crippen molar-refractivity contribution >= 4 is 26.0 Å². The van der Waals surface area contributed by atoms with E-state index in [9.17, 15) is 8.42 Å². The van der Waals surface area contributed by atoms with Crippen molar-refractivity contribution < 1.29 is 12.6 Å². The van der Waals surface area contributed by atoms with Gasteiger partial charge in [0.05, 0.1) is 12.4 Å². The van der Waals surface area contributed by atoms with Gasteiger partial charge in [-0.1, -0.05) is 15.9 Å². The summed E-state index contributed by atoms with van der Waals surface area (Å²) in [5.74, 6) is 0.131. The van der Waals surface area contributed by atoms with Crippen LogP contribution in [-0.2, 0) is 14.3 Å². The van der Waals surface area contributed by atoms with Crippen LogP contribution in [0.4, 0.5) is 0 Å². The topological polar surface area (TPSA) is 43.4 Å². The van der Waals surface area contributed by atoms with Crippen LogP contribution < -0.4 is 0 Å². The fourth-order valence-electron chi connectivity index (χ4n) is 0.612. The highest BCUT2D eigenvalue weighted by Gasteiger charge is 2.08. The Hall–Kier alpha value is 0.390. The van der Waals surface area contributed by atoms with Gasteiger partial charge in [-0.05, 0) is 19.8 Å². The van der Waals surface area contributed by atoms with Gasteiger partial charge in [0.2, 0.25) is 0 Å². The van der Waals surface area contributed by atoms with E-state index in [-0.39, 0.29) is 12.4 Å². The molecule has 0 saturated heterocycles. The van der Waals surface area contributed by atoms with Crippen molar-refractivity contribution in [3.05, 3.63) is 0 Å². The number of halogens is 1. The number of hydrogen-bond acceptors (Lipinski definition) is 3. The van der Waals surface area contributed by atoms with Crippen LogP contribution in [0.3, 0.4) is 0 Å². The van der Waals surface area contributed by atoms with Crippen molar-refractivity contribution in [2.45, 2.75) is 19.8 Å². The van der Waals surface area contributed by atoms with Crippen LogP contribution in [0.25, 0.3) is 0 Å². The Balaban J connectivity index is 3.56. The Labute approximate surface area is 76.4 Å². The molecule has 0 atom stereocenters. The van der Waals surface area contributed by atoms with Crippen LogP contribution in [0.2, 0.25) is 0 Å². The Morgan fingerprint density at radius 3 is 2.45 bits per heavy atom. The molecule has 0 amide bonds. The fraction of sp³-hybridized carbons (Fsp3) is 1.00. The highest BCUT2D eigenvalue weighted by molar-refractivity contribution is 9.09. The lowest BCUT2D eigenvalue weighted by atomic mass is 10.4. The van der Waals surface area contributed by atoms with E-state index in [2.05, 4.69) is 20.1 Å². The van der Waals surface area contributed by atoms with Crippen LogP contribution in [0.1, 0.15) is 19.8 Å². The summed E-state index contributed by atoms with van der Waals surface area (Å²) in [6.45, 7) is 1.90. The predicted octanol–water partition coefficient (Wildman–Crippen LogP) is 1.53. The third-order valence-corrected chi connectivity index (χ3v) is 3.02. The van der Waals surface area contributed by atoms with E-state index in [1.807, 2.05) is 0 Å². The number of alkyl halides is 1. The van der Waals surface area contributed by atoms with Crippen LogP contribution in [-0.4, -0.2) is 26.1 Å². The maximum absolute atomic E-state index is 10.9. The molecule has 5 heteroatoms. The van der Waals surface area contributed by atoms with Gasteiger partial charge in [-0.15, -0.1) is 0 Å². The van der Waals surface area contributed by atoms with Gasteiger partial charge in [0, 0.05) is 5.33 Å². The number of rotatable bonds is 6. The molecule has 0 radical (unpaired) electrons. The molecule has 3 nitrogen and oxygen atoms in total. The minimum Gasteiger partial charge on any atom is -0.270 e. The minimum absolute atomic E-state index is 0.131. The third kappa shape index (κ3) is 6.77. The van der Waals surface area contributed by atoms with E-state index in [0.29, 0.717) is 6.42 Å². The predicted molar refractivity (Wildman–Crippen MR) is 48.4 cm³/mol. The first-order valence-corrected chi connectivity index (χ1v) is 6.25. The van der Waals surface area contributed by atoms with Gasteiger partial charge in [-0.25, -0.2) is 0 Å². The molecule has 0 aliphatic heterocycles. The molecule has 0 fully saturated rings.